The minimum absolute atomic E-state index is 0.135. The van der Waals surface area contributed by atoms with Gasteiger partial charge in [-0.25, -0.2) is 4.98 Å². The van der Waals surface area contributed by atoms with Gasteiger partial charge in [-0.2, -0.15) is 0 Å². The predicted octanol–water partition coefficient (Wildman–Crippen LogP) is 2.84. The molecule has 0 aliphatic carbocycles. The number of aromatic nitrogens is 2. The van der Waals surface area contributed by atoms with Crippen LogP contribution in [0.5, 0.6) is 0 Å². The van der Waals surface area contributed by atoms with Gasteiger partial charge in [-0.1, -0.05) is 30.3 Å². The van der Waals surface area contributed by atoms with Crippen LogP contribution >= 0.6 is 0 Å². The molecule has 0 aliphatic rings. The van der Waals surface area contributed by atoms with E-state index in [2.05, 4.69) is 10.3 Å². The normalized spacial score (nSPS) is 12.1. The van der Waals surface area contributed by atoms with Crippen LogP contribution in [-0.2, 0) is 11.3 Å². The van der Waals surface area contributed by atoms with Crippen molar-refractivity contribution < 1.29 is 9.53 Å². The fourth-order valence-corrected chi connectivity index (χ4v) is 3.08. The van der Waals surface area contributed by atoms with Gasteiger partial charge in [-0.05, 0) is 37.6 Å². The van der Waals surface area contributed by atoms with E-state index < -0.39 is 6.04 Å². The summed E-state index contributed by atoms with van der Waals surface area (Å²) in [6, 6.07) is 14.2. The highest BCUT2D eigenvalue weighted by Crippen LogP contribution is 2.15. The van der Waals surface area contributed by atoms with E-state index in [-0.39, 0.29) is 11.5 Å². The second-order valence-corrected chi connectivity index (χ2v) is 6.45. The van der Waals surface area contributed by atoms with Gasteiger partial charge < -0.3 is 10.1 Å². The van der Waals surface area contributed by atoms with Gasteiger partial charge >= 0.3 is 0 Å². The lowest BCUT2D eigenvalue weighted by Gasteiger charge is -2.20. The summed E-state index contributed by atoms with van der Waals surface area (Å²) in [5.74, 6) is 0.319. The minimum atomic E-state index is -0.439. The van der Waals surface area contributed by atoms with Gasteiger partial charge in [0.05, 0.1) is 30.1 Å². The summed E-state index contributed by atoms with van der Waals surface area (Å²) in [5, 5.41) is 3.51. The number of para-hydroxylation sites is 1. The lowest BCUT2D eigenvalue weighted by Crippen LogP contribution is -2.34. The van der Waals surface area contributed by atoms with Gasteiger partial charge in [-0.15, -0.1) is 0 Å². The van der Waals surface area contributed by atoms with Crippen LogP contribution < -0.4 is 10.9 Å². The van der Waals surface area contributed by atoms with E-state index in [4.69, 9.17) is 4.74 Å². The maximum atomic E-state index is 12.9. The number of benzene rings is 2. The van der Waals surface area contributed by atoms with Crippen LogP contribution in [0.2, 0.25) is 0 Å². The Morgan fingerprint density at radius 2 is 1.89 bits per heavy atom. The molecular weight excluding hydrogens is 342 g/mol. The average molecular weight is 365 g/mol. The molecule has 27 heavy (non-hydrogen) atoms. The minimum Gasteiger partial charge on any atom is -0.383 e. The molecule has 6 heteroatoms. The monoisotopic (exact) mass is 365 g/mol. The first kappa shape index (κ1) is 18.8. The number of methoxy groups -OCH3 is 1. The van der Waals surface area contributed by atoms with Crippen molar-refractivity contribution in [2.45, 2.75) is 26.4 Å². The second-order valence-electron chi connectivity index (χ2n) is 6.45. The maximum absolute atomic E-state index is 12.9. The summed E-state index contributed by atoms with van der Waals surface area (Å²) >= 11 is 0. The number of ether oxygens (including phenoxy) is 1. The van der Waals surface area contributed by atoms with E-state index in [0.717, 1.165) is 5.56 Å². The first-order valence-corrected chi connectivity index (χ1v) is 8.88. The maximum Gasteiger partial charge on any atom is 0.261 e. The molecule has 0 saturated heterocycles. The Labute approximate surface area is 157 Å². The fraction of sp³-hybridized carbons (Fsp3) is 0.286. The predicted molar refractivity (Wildman–Crippen MR) is 105 cm³/mol. The molecule has 2 aromatic carbocycles. The van der Waals surface area contributed by atoms with Crippen molar-refractivity contribution in [2.24, 2.45) is 0 Å². The molecule has 3 rings (SSSR count). The van der Waals surface area contributed by atoms with Crippen molar-refractivity contribution in [2.75, 3.05) is 13.7 Å². The van der Waals surface area contributed by atoms with Gasteiger partial charge in [0.15, 0.2) is 0 Å². The highest BCUT2D eigenvalue weighted by atomic mass is 16.5. The zero-order valence-corrected chi connectivity index (χ0v) is 15.7. The van der Waals surface area contributed by atoms with Gasteiger partial charge in [0.1, 0.15) is 5.82 Å². The number of carbonyl (C=O) groups is 1. The molecule has 1 unspecified atom stereocenters. The average Bonchev–Trinajstić information content (AvgIpc) is 2.67. The third kappa shape index (κ3) is 3.90. The second kappa shape index (κ2) is 8.14. The number of nitrogens with zero attached hydrogens (tertiary/aromatic N) is 2. The summed E-state index contributed by atoms with van der Waals surface area (Å²) in [5.41, 5.74) is 1.98. The van der Waals surface area contributed by atoms with E-state index in [9.17, 15) is 9.59 Å². The van der Waals surface area contributed by atoms with Crippen LogP contribution in [0.4, 0.5) is 0 Å². The molecule has 0 radical (unpaired) electrons. The summed E-state index contributed by atoms with van der Waals surface area (Å²) in [7, 11) is 1.59. The van der Waals surface area contributed by atoms with Crippen molar-refractivity contribution in [1.29, 1.82) is 0 Å². The number of hydrogen-bond donors (Lipinski definition) is 1. The summed E-state index contributed by atoms with van der Waals surface area (Å²) in [4.78, 5) is 30.2. The van der Waals surface area contributed by atoms with E-state index in [1.807, 2.05) is 44.2 Å². The number of hydrogen-bond acceptors (Lipinski definition) is 4. The molecule has 1 atom stereocenters. The van der Waals surface area contributed by atoms with Crippen molar-refractivity contribution in [3.05, 3.63) is 75.8 Å². The Morgan fingerprint density at radius 3 is 2.63 bits per heavy atom. The van der Waals surface area contributed by atoms with Gasteiger partial charge in [0, 0.05) is 12.7 Å². The number of aryl methyl sites for hydroxylation is 1. The fourth-order valence-electron chi connectivity index (χ4n) is 3.08. The first-order valence-electron chi connectivity index (χ1n) is 8.88. The first-order chi connectivity index (χ1) is 13.0. The number of fused-ring (bicyclic) bond motifs is 1. The zero-order valence-electron chi connectivity index (χ0n) is 15.7. The van der Waals surface area contributed by atoms with E-state index in [0.29, 0.717) is 35.4 Å². The third-order valence-electron chi connectivity index (χ3n) is 4.53. The molecule has 1 aromatic heterocycles. The molecule has 1 amide bonds. The lowest BCUT2D eigenvalue weighted by molar-refractivity contribution is 0.0936. The summed E-state index contributed by atoms with van der Waals surface area (Å²) in [6.45, 7) is 4.47. The number of amides is 1. The largest absolute Gasteiger partial charge is 0.383 e. The molecule has 1 heterocycles. The molecule has 6 nitrogen and oxygen atoms in total. The Bertz CT molecular complexity index is 1030. The topological polar surface area (TPSA) is 73.2 Å². The standard InChI is InChI=1S/C21H23N3O3/c1-14-8-4-5-9-16(14)20(25)22-15(2)19-23-18-11-7-6-10-17(18)21(26)24(19)12-13-27-3/h4-11,15H,12-13H2,1-3H3,(H,22,25). The summed E-state index contributed by atoms with van der Waals surface area (Å²) < 4.78 is 6.72. The highest BCUT2D eigenvalue weighted by molar-refractivity contribution is 5.95. The van der Waals surface area contributed by atoms with Crippen LogP contribution in [0.25, 0.3) is 10.9 Å². The van der Waals surface area contributed by atoms with E-state index in [1.165, 1.54) is 0 Å². The SMILES string of the molecule is COCCn1c(C(C)NC(=O)c2ccccc2C)nc2ccccc2c1=O. The smallest absolute Gasteiger partial charge is 0.261 e. The molecule has 0 aliphatic heterocycles. The number of nitrogens with one attached hydrogen (secondary N) is 1. The Morgan fingerprint density at radius 1 is 1.19 bits per heavy atom. The van der Waals surface area contributed by atoms with Crippen LogP contribution in [-0.4, -0.2) is 29.2 Å². The van der Waals surface area contributed by atoms with Crippen LogP contribution in [0.3, 0.4) is 0 Å². The van der Waals surface area contributed by atoms with Crippen molar-refractivity contribution in [3.63, 3.8) is 0 Å². The van der Waals surface area contributed by atoms with E-state index in [1.54, 1.807) is 29.9 Å². The highest BCUT2D eigenvalue weighted by Gasteiger charge is 2.19. The molecule has 0 saturated carbocycles. The van der Waals surface area contributed by atoms with Crippen molar-refractivity contribution in [3.8, 4) is 0 Å². The number of carbonyl (C=O) groups excluding carboxylic acids is 1. The molecule has 140 valence electrons. The molecular formula is C21H23N3O3. The molecule has 3 aromatic rings. The van der Waals surface area contributed by atoms with Crippen LogP contribution in [0, 0.1) is 6.92 Å². The van der Waals surface area contributed by atoms with Crippen LogP contribution in [0.1, 0.15) is 34.7 Å². The number of rotatable bonds is 6. The van der Waals surface area contributed by atoms with Gasteiger partial charge in [0.25, 0.3) is 11.5 Å². The summed E-state index contributed by atoms with van der Waals surface area (Å²) in [6.07, 6.45) is 0. The third-order valence-corrected chi connectivity index (χ3v) is 4.53. The Kier molecular flexibility index (Phi) is 5.66. The van der Waals surface area contributed by atoms with E-state index >= 15 is 0 Å². The van der Waals surface area contributed by atoms with Crippen molar-refractivity contribution >= 4 is 16.8 Å². The van der Waals surface area contributed by atoms with Crippen molar-refractivity contribution in [1.82, 2.24) is 14.9 Å². The van der Waals surface area contributed by atoms with Gasteiger partial charge in [0.2, 0.25) is 0 Å². The molecule has 0 spiro atoms. The van der Waals surface area contributed by atoms with Gasteiger partial charge in [-0.3, -0.25) is 14.2 Å². The Hall–Kier alpha value is -2.99. The zero-order chi connectivity index (χ0) is 19.4. The molecule has 0 bridgehead atoms. The molecule has 0 fully saturated rings. The quantitative estimate of drug-likeness (QED) is 0.729. The molecule has 1 N–H and O–H groups in total. The van der Waals surface area contributed by atoms with Crippen LogP contribution in [0.15, 0.2) is 53.3 Å². The lowest BCUT2D eigenvalue weighted by atomic mass is 10.1. The Balaban J connectivity index is 2.00.